The fourth-order valence-electron chi connectivity index (χ4n) is 1.07. The van der Waals surface area contributed by atoms with Gasteiger partial charge in [-0.15, -0.1) is 0 Å². The zero-order valence-corrected chi connectivity index (χ0v) is 6.78. The van der Waals surface area contributed by atoms with Crippen molar-refractivity contribution in [2.45, 2.75) is 6.61 Å². The Labute approximate surface area is 70.6 Å². The van der Waals surface area contributed by atoms with Gasteiger partial charge in [-0.2, -0.15) is 0 Å². The molecular formula is C9H10O3. The van der Waals surface area contributed by atoms with E-state index in [-0.39, 0.29) is 6.61 Å². The Balaban J connectivity index is 3.21. The molecule has 0 amide bonds. The van der Waals surface area contributed by atoms with Gasteiger partial charge in [-0.3, -0.25) is 4.79 Å². The SMILES string of the molecule is COc1c(C=O)cccc1CO. The molecule has 1 aromatic rings. The molecule has 1 rings (SSSR count). The highest BCUT2D eigenvalue weighted by atomic mass is 16.5. The molecule has 0 aliphatic carbocycles. The summed E-state index contributed by atoms with van der Waals surface area (Å²) >= 11 is 0. The first-order valence-electron chi connectivity index (χ1n) is 3.55. The van der Waals surface area contributed by atoms with E-state index in [0.29, 0.717) is 23.2 Å². The van der Waals surface area contributed by atoms with Gasteiger partial charge < -0.3 is 9.84 Å². The second-order valence-corrected chi connectivity index (χ2v) is 2.32. The molecule has 1 N–H and O–H groups in total. The fraction of sp³-hybridized carbons (Fsp3) is 0.222. The van der Waals surface area contributed by atoms with Crippen LogP contribution in [-0.4, -0.2) is 18.5 Å². The number of hydrogen-bond acceptors (Lipinski definition) is 3. The third kappa shape index (κ3) is 1.46. The number of carbonyl (C=O) groups excluding carboxylic acids is 1. The molecule has 0 heterocycles. The van der Waals surface area contributed by atoms with Crippen LogP contribution >= 0.6 is 0 Å². The van der Waals surface area contributed by atoms with Crippen molar-refractivity contribution in [1.82, 2.24) is 0 Å². The molecule has 0 saturated heterocycles. The minimum atomic E-state index is -0.120. The lowest BCUT2D eigenvalue weighted by Crippen LogP contribution is -1.95. The molecule has 0 radical (unpaired) electrons. The maximum atomic E-state index is 10.5. The van der Waals surface area contributed by atoms with E-state index in [4.69, 9.17) is 9.84 Å². The second-order valence-electron chi connectivity index (χ2n) is 2.32. The van der Waals surface area contributed by atoms with Crippen molar-refractivity contribution in [3.63, 3.8) is 0 Å². The molecule has 0 aliphatic rings. The van der Waals surface area contributed by atoms with Crippen LogP contribution in [0.15, 0.2) is 18.2 Å². The number of rotatable bonds is 3. The zero-order chi connectivity index (χ0) is 8.97. The summed E-state index contributed by atoms with van der Waals surface area (Å²) in [6, 6.07) is 5.06. The predicted molar refractivity (Wildman–Crippen MR) is 44.3 cm³/mol. The van der Waals surface area contributed by atoms with Crippen LogP contribution in [-0.2, 0) is 6.61 Å². The van der Waals surface area contributed by atoms with Gasteiger partial charge in [-0.25, -0.2) is 0 Å². The molecule has 0 spiro atoms. The molecule has 0 aromatic heterocycles. The number of aldehydes is 1. The molecule has 0 atom stereocenters. The summed E-state index contributed by atoms with van der Waals surface area (Å²) in [7, 11) is 1.47. The molecule has 0 saturated carbocycles. The van der Waals surface area contributed by atoms with E-state index in [1.165, 1.54) is 7.11 Å². The summed E-state index contributed by atoms with van der Waals surface area (Å²) in [6.45, 7) is -0.120. The number of para-hydroxylation sites is 1. The van der Waals surface area contributed by atoms with Crippen LogP contribution in [0.2, 0.25) is 0 Å². The largest absolute Gasteiger partial charge is 0.496 e. The van der Waals surface area contributed by atoms with E-state index < -0.39 is 0 Å². The van der Waals surface area contributed by atoms with Crippen LogP contribution in [0.4, 0.5) is 0 Å². The van der Waals surface area contributed by atoms with Crippen molar-refractivity contribution in [2.75, 3.05) is 7.11 Å². The zero-order valence-electron chi connectivity index (χ0n) is 6.78. The van der Waals surface area contributed by atoms with E-state index in [1.807, 2.05) is 0 Å². The minimum absolute atomic E-state index is 0.120. The lowest BCUT2D eigenvalue weighted by atomic mass is 10.1. The van der Waals surface area contributed by atoms with E-state index >= 15 is 0 Å². The lowest BCUT2D eigenvalue weighted by Gasteiger charge is -2.07. The predicted octanol–water partition coefficient (Wildman–Crippen LogP) is 1.00. The van der Waals surface area contributed by atoms with E-state index in [2.05, 4.69) is 0 Å². The van der Waals surface area contributed by atoms with Crippen LogP contribution in [0.1, 0.15) is 15.9 Å². The molecule has 3 heteroatoms. The van der Waals surface area contributed by atoms with Crippen LogP contribution in [0.5, 0.6) is 5.75 Å². The monoisotopic (exact) mass is 166 g/mol. The normalized spacial score (nSPS) is 9.50. The molecule has 64 valence electrons. The third-order valence-electron chi connectivity index (χ3n) is 1.63. The van der Waals surface area contributed by atoms with E-state index in [9.17, 15) is 4.79 Å². The lowest BCUT2D eigenvalue weighted by molar-refractivity contribution is 0.112. The number of aliphatic hydroxyl groups is 1. The Bertz CT molecular complexity index is 281. The quantitative estimate of drug-likeness (QED) is 0.681. The second kappa shape index (κ2) is 3.88. The molecule has 0 fully saturated rings. The van der Waals surface area contributed by atoms with Crippen LogP contribution < -0.4 is 4.74 Å². The highest BCUT2D eigenvalue weighted by molar-refractivity contribution is 5.80. The van der Waals surface area contributed by atoms with Gasteiger partial charge in [0.05, 0.1) is 19.3 Å². The van der Waals surface area contributed by atoms with Crippen molar-refractivity contribution in [3.8, 4) is 5.75 Å². The molecule has 3 nitrogen and oxygen atoms in total. The van der Waals surface area contributed by atoms with E-state index in [1.54, 1.807) is 18.2 Å². The van der Waals surface area contributed by atoms with Crippen LogP contribution in [0, 0.1) is 0 Å². The highest BCUT2D eigenvalue weighted by Gasteiger charge is 2.05. The number of aliphatic hydroxyl groups excluding tert-OH is 1. The number of hydrogen-bond donors (Lipinski definition) is 1. The molecule has 0 aliphatic heterocycles. The highest BCUT2D eigenvalue weighted by Crippen LogP contribution is 2.21. The summed E-state index contributed by atoms with van der Waals surface area (Å²) in [4.78, 5) is 10.5. The van der Waals surface area contributed by atoms with Crippen molar-refractivity contribution in [2.24, 2.45) is 0 Å². The maximum absolute atomic E-state index is 10.5. The Morgan fingerprint density at radius 2 is 2.33 bits per heavy atom. The molecule has 1 aromatic carbocycles. The van der Waals surface area contributed by atoms with Crippen molar-refractivity contribution < 1.29 is 14.6 Å². The van der Waals surface area contributed by atoms with Gasteiger partial charge in [-0.1, -0.05) is 12.1 Å². The average Bonchev–Trinajstić information content (AvgIpc) is 2.16. The third-order valence-corrected chi connectivity index (χ3v) is 1.63. The van der Waals surface area contributed by atoms with Crippen molar-refractivity contribution in [1.29, 1.82) is 0 Å². The summed E-state index contributed by atoms with van der Waals surface area (Å²) in [5.74, 6) is 0.454. The number of methoxy groups -OCH3 is 1. The van der Waals surface area contributed by atoms with E-state index in [0.717, 1.165) is 0 Å². The first kappa shape index (κ1) is 8.74. The Hall–Kier alpha value is -1.35. The fourth-order valence-corrected chi connectivity index (χ4v) is 1.07. The molecule has 12 heavy (non-hydrogen) atoms. The first-order valence-corrected chi connectivity index (χ1v) is 3.55. The molecule has 0 unspecified atom stereocenters. The molecular weight excluding hydrogens is 156 g/mol. The first-order chi connectivity index (χ1) is 5.83. The van der Waals surface area contributed by atoms with Gasteiger partial charge in [0, 0.05) is 5.56 Å². The molecule has 0 bridgehead atoms. The van der Waals surface area contributed by atoms with Crippen LogP contribution in [0.3, 0.4) is 0 Å². The smallest absolute Gasteiger partial charge is 0.153 e. The number of carbonyl (C=O) groups is 1. The summed E-state index contributed by atoms with van der Waals surface area (Å²) in [6.07, 6.45) is 0.706. The maximum Gasteiger partial charge on any atom is 0.153 e. The number of benzene rings is 1. The standard InChI is InChI=1S/C9H10O3/c1-12-9-7(5-10)3-2-4-8(9)6-11/h2-5,11H,6H2,1H3. The van der Waals surface area contributed by atoms with Gasteiger partial charge in [0.25, 0.3) is 0 Å². The average molecular weight is 166 g/mol. The number of ether oxygens (including phenoxy) is 1. The Kier molecular flexibility index (Phi) is 2.82. The summed E-state index contributed by atoms with van der Waals surface area (Å²) in [5.41, 5.74) is 1.09. The van der Waals surface area contributed by atoms with Crippen LogP contribution in [0.25, 0.3) is 0 Å². The van der Waals surface area contributed by atoms with Gasteiger partial charge in [0.2, 0.25) is 0 Å². The van der Waals surface area contributed by atoms with Gasteiger partial charge in [0.1, 0.15) is 5.75 Å². The van der Waals surface area contributed by atoms with Gasteiger partial charge >= 0.3 is 0 Å². The Morgan fingerprint density at radius 3 is 2.83 bits per heavy atom. The Morgan fingerprint density at radius 1 is 1.58 bits per heavy atom. The topological polar surface area (TPSA) is 46.5 Å². The summed E-state index contributed by atoms with van der Waals surface area (Å²) < 4.78 is 4.97. The summed E-state index contributed by atoms with van der Waals surface area (Å²) in [5, 5.41) is 8.87. The van der Waals surface area contributed by atoms with Gasteiger partial charge in [-0.05, 0) is 6.07 Å². The minimum Gasteiger partial charge on any atom is -0.496 e. The van der Waals surface area contributed by atoms with Gasteiger partial charge in [0.15, 0.2) is 6.29 Å². The van der Waals surface area contributed by atoms with Crippen molar-refractivity contribution >= 4 is 6.29 Å². The van der Waals surface area contributed by atoms with Crippen molar-refractivity contribution in [3.05, 3.63) is 29.3 Å².